The molecule has 0 aliphatic heterocycles. The van der Waals surface area contributed by atoms with E-state index >= 15 is 0 Å². The smallest absolute Gasteiger partial charge is 0.228 e. The highest BCUT2D eigenvalue weighted by Gasteiger charge is 2.08. The first-order valence-electron chi connectivity index (χ1n) is 6.77. The van der Waals surface area contributed by atoms with E-state index in [4.69, 9.17) is 5.14 Å². The lowest BCUT2D eigenvalue weighted by atomic mass is 10.1. The van der Waals surface area contributed by atoms with Crippen LogP contribution in [0.15, 0.2) is 48.5 Å². The maximum atomic E-state index is 12.0. The number of hydrogen-bond donors (Lipinski definition) is 2. The van der Waals surface area contributed by atoms with Crippen LogP contribution in [0.4, 0.5) is 5.69 Å². The molecule has 0 bridgehead atoms. The predicted octanol–water partition coefficient (Wildman–Crippen LogP) is 1.96. The topological polar surface area (TPSA) is 89.3 Å². The Labute approximate surface area is 130 Å². The average Bonchev–Trinajstić information content (AvgIpc) is 2.42. The van der Waals surface area contributed by atoms with Crippen LogP contribution in [0.2, 0.25) is 0 Å². The number of carbonyl (C=O) groups excluding carboxylic acids is 1. The van der Waals surface area contributed by atoms with Crippen LogP contribution in [-0.4, -0.2) is 14.3 Å². The quantitative estimate of drug-likeness (QED) is 0.883. The van der Waals surface area contributed by atoms with Crippen molar-refractivity contribution in [3.63, 3.8) is 0 Å². The van der Waals surface area contributed by atoms with Crippen LogP contribution in [0, 0.1) is 6.92 Å². The number of carbonyl (C=O) groups is 1. The molecule has 2 aromatic carbocycles. The third kappa shape index (κ3) is 4.98. The number of rotatable bonds is 5. The van der Waals surface area contributed by atoms with Crippen LogP contribution >= 0.6 is 0 Å². The third-order valence-electron chi connectivity index (χ3n) is 3.22. The second-order valence-corrected chi connectivity index (χ2v) is 6.77. The standard InChI is InChI=1S/C16H18N2O3S/c1-12-4-2-3-5-14(12)10-16(19)18-15-8-6-13(7-9-15)11-22(17,20)21/h2-9H,10-11H2,1H3,(H,18,19)(H2,17,20,21). The number of sulfonamides is 1. The fourth-order valence-electron chi connectivity index (χ4n) is 2.10. The van der Waals surface area contributed by atoms with Crippen molar-refractivity contribution in [1.29, 1.82) is 0 Å². The molecule has 2 aromatic rings. The number of aryl methyl sites for hydroxylation is 1. The summed E-state index contributed by atoms with van der Waals surface area (Å²) >= 11 is 0. The highest BCUT2D eigenvalue weighted by atomic mass is 32.2. The number of anilines is 1. The molecule has 116 valence electrons. The lowest BCUT2D eigenvalue weighted by Gasteiger charge is -2.08. The summed E-state index contributed by atoms with van der Waals surface area (Å²) in [6.45, 7) is 1.96. The van der Waals surface area contributed by atoms with Crippen LogP contribution in [0.5, 0.6) is 0 Å². The van der Waals surface area contributed by atoms with Gasteiger partial charge in [-0.25, -0.2) is 13.6 Å². The SMILES string of the molecule is Cc1ccccc1CC(=O)Nc1ccc(CS(N)(=O)=O)cc1. The number of nitrogens with one attached hydrogen (secondary N) is 1. The summed E-state index contributed by atoms with van der Waals surface area (Å²) in [5, 5.41) is 7.78. The molecular weight excluding hydrogens is 300 g/mol. The first-order chi connectivity index (χ1) is 10.3. The third-order valence-corrected chi connectivity index (χ3v) is 3.95. The molecule has 3 N–H and O–H groups in total. The van der Waals surface area contributed by atoms with Crippen LogP contribution in [0.3, 0.4) is 0 Å². The Morgan fingerprint density at radius 3 is 2.32 bits per heavy atom. The van der Waals surface area contributed by atoms with Crippen molar-refractivity contribution in [3.8, 4) is 0 Å². The van der Waals surface area contributed by atoms with Crippen LogP contribution < -0.4 is 10.5 Å². The van der Waals surface area contributed by atoms with Gasteiger partial charge in [0.1, 0.15) is 0 Å². The lowest BCUT2D eigenvalue weighted by Crippen LogP contribution is -2.16. The molecule has 0 fully saturated rings. The van der Waals surface area contributed by atoms with Crippen LogP contribution in [0.1, 0.15) is 16.7 Å². The second-order valence-electron chi connectivity index (χ2n) is 5.16. The van der Waals surface area contributed by atoms with Crippen molar-refractivity contribution < 1.29 is 13.2 Å². The van der Waals surface area contributed by atoms with Gasteiger partial charge in [-0.15, -0.1) is 0 Å². The van der Waals surface area contributed by atoms with Crippen molar-refractivity contribution in [2.24, 2.45) is 5.14 Å². The fraction of sp³-hybridized carbons (Fsp3) is 0.188. The Hall–Kier alpha value is -2.18. The summed E-state index contributed by atoms with van der Waals surface area (Å²) in [7, 11) is -3.55. The van der Waals surface area contributed by atoms with E-state index in [-0.39, 0.29) is 11.7 Å². The normalized spacial score (nSPS) is 11.2. The Morgan fingerprint density at radius 2 is 1.73 bits per heavy atom. The molecule has 6 heteroatoms. The molecule has 0 aromatic heterocycles. The van der Waals surface area contributed by atoms with Gasteiger partial charge in [0.25, 0.3) is 0 Å². The van der Waals surface area contributed by atoms with E-state index in [1.807, 2.05) is 31.2 Å². The summed E-state index contributed by atoms with van der Waals surface area (Å²) < 4.78 is 22.0. The van der Waals surface area contributed by atoms with E-state index in [0.29, 0.717) is 17.7 Å². The molecule has 0 unspecified atom stereocenters. The van der Waals surface area contributed by atoms with Crippen molar-refractivity contribution >= 4 is 21.6 Å². The molecule has 2 rings (SSSR count). The van der Waals surface area contributed by atoms with E-state index in [2.05, 4.69) is 5.32 Å². The molecule has 0 saturated heterocycles. The van der Waals surface area contributed by atoms with Crippen LogP contribution in [-0.2, 0) is 27.0 Å². The van der Waals surface area contributed by atoms with E-state index in [0.717, 1.165) is 11.1 Å². The maximum Gasteiger partial charge on any atom is 0.228 e. The number of amides is 1. The lowest BCUT2D eigenvalue weighted by molar-refractivity contribution is -0.115. The van der Waals surface area contributed by atoms with Gasteiger partial charge in [-0.05, 0) is 35.7 Å². The summed E-state index contributed by atoms with van der Waals surface area (Å²) in [6, 6.07) is 14.3. The average molecular weight is 318 g/mol. The van der Waals surface area contributed by atoms with Gasteiger partial charge in [-0.1, -0.05) is 36.4 Å². The number of primary sulfonamides is 1. The van der Waals surface area contributed by atoms with Gasteiger partial charge in [-0.2, -0.15) is 0 Å². The molecule has 1 amide bonds. The zero-order chi connectivity index (χ0) is 16.2. The molecule has 0 aliphatic rings. The number of hydrogen-bond acceptors (Lipinski definition) is 3. The Balaban J connectivity index is 1.99. The monoisotopic (exact) mass is 318 g/mol. The van der Waals surface area contributed by atoms with E-state index in [9.17, 15) is 13.2 Å². The van der Waals surface area contributed by atoms with Crippen LogP contribution in [0.25, 0.3) is 0 Å². The molecule has 0 spiro atoms. The van der Waals surface area contributed by atoms with Crippen molar-refractivity contribution in [1.82, 2.24) is 0 Å². The minimum atomic E-state index is -3.55. The molecule has 0 aliphatic carbocycles. The number of nitrogens with two attached hydrogens (primary N) is 1. The Bertz CT molecular complexity index is 768. The molecule has 5 nitrogen and oxygen atoms in total. The summed E-state index contributed by atoms with van der Waals surface area (Å²) in [4.78, 5) is 12.0. The minimum absolute atomic E-state index is 0.117. The Kier molecular flexibility index (Phi) is 4.95. The molecule has 0 heterocycles. The zero-order valence-electron chi connectivity index (χ0n) is 12.2. The summed E-state index contributed by atoms with van der Waals surface area (Å²) in [5.41, 5.74) is 3.25. The van der Waals surface area contributed by atoms with E-state index in [1.165, 1.54) is 0 Å². The van der Waals surface area contributed by atoms with Crippen molar-refractivity contribution in [3.05, 3.63) is 65.2 Å². The minimum Gasteiger partial charge on any atom is -0.326 e. The first-order valence-corrected chi connectivity index (χ1v) is 8.49. The van der Waals surface area contributed by atoms with Crippen molar-refractivity contribution in [2.45, 2.75) is 19.1 Å². The Morgan fingerprint density at radius 1 is 1.09 bits per heavy atom. The van der Waals surface area contributed by atoms with Gasteiger partial charge in [0, 0.05) is 5.69 Å². The van der Waals surface area contributed by atoms with Gasteiger partial charge in [0.2, 0.25) is 15.9 Å². The molecule has 0 atom stereocenters. The van der Waals surface area contributed by atoms with Gasteiger partial charge in [0.05, 0.1) is 12.2 Å². The highest BCUT2D eigenvalue weighted by Crippen LogP contribution is 2.13. The first kappa shape index (κ1) is 16.2. The molecule has 0 saturated carbocycles. The maximum absolute atomic E-state index is 12.0. The van der Waals surface area contributed by atoms with Gasteiger partial charge in [0.15, 0.2) is 0 Å². The highest BCUT2D eigenvalue weighted by molar-refractivity contribution is 7.88. The largest absolute Gasteiger partial charge is 0.326 e. The second kappa shape index (κ2) is 6.72. The fourth-order valence-corrected chi connectivity index (χ4v) is 2.76. The predicted molar refractivity (Wildman–Crippen MR) is 86.8 cm³/mol. The molecule has 22 heavy (non-hydrogen) atoms. The number of benzene rings is 2. The molecule has 0 radical (unpaired) electrons. The van der Waals surface area contributed by atoms with E-state index in [1.54, 1.807) is 24.3 Å². The zero-order valence-corrected chi connectivity index (χ0v) is 13.1. The molecular formula is C16H18N2O3S. The van der Waals surface area contributed by atoms with Gasteiger partial charge >= 0.3 is 0 Å². The van der Waals surface area contributed by atoms with Crippen molar-refractivity contribution in [2.75, 3.05) is 5.32 Å². The van der Waals surface area contributed by atoms with Gasteiger partial charge in [-0.3, -0.25) is 4.79 Å². The summed E-state index contributed by atoms with van der Waals surface area (Å²) in [6.07, 6.45) is 0.297. The summed E-state index contributed by atoms with van der Waals surface area (Å²) in [5.74, 6) is -0.335. The van der Waals surface area contributed by atoms with Gasteiger partial charge < -0.3 is 5.32 Å². The van der Waals surface area contributed by atoms with E-state index < -0.39 is 10.0 Å².